The van der Waals surface area contributed by atoms with Gasteiger partial charge in [-0.3, -0.25) is 9.59 Å². The zero-order valence-electron chi connectivity index (χ0n) is 18.6. The number of carboxylic acids is 1. The van der Waals surface area contributed by atoms with Gasteiger partial charge in [-0.1, -0.05) is 42.5 Å². The van der Waals surface area contributed by atoms with Crippen LogP contribution in [0.2, 0.25) is 0 Å². The molecule has 0 saturated heterocycles. The summed E-state index contributed by atoms with van der Waals surface area (Å²) in [6.07, 6.45) is 3.60. The van der Waals surface area contributed by atoms with Crippen LogP contribution in [0.4, 0.5) is 10.1 Å². The fourth-order valence-corrected chi connectivity index (χ4v) is 4.58. The second-order valence-electron chi connectivity index (χ2n) is 8.40. The fourth-order valence-electron chi connectivity index (χ4n) is 4.58. The van der Waals surface area contributed by atoms with Gasteiger partial charge in [0.25, 0.3) is 5.91 Å². The molecule has 0 spiro atoms. The monoisotopic (exact) mass is 465 g/mol. The zero-order chi connectivity index (χ0) is 24.5. The van der Waals surface area contributed by atoms with E-state index in [0.29, 0.717) is 29.4 Å². The molecule has 2 heterocycles. The van der Waals surface area contributed by atoms with E-state index in [2.05, 4.69) is 0 Å². The number of hydrogen-bond donors (Lipinski definition) is 1. The number of halogens is 1. The maximum absolute atomic E-state index is 14.0. The molecule has 0 aliphatic carbocycles. The average molecular weight is 465 g/mol. The number of amides is 1. The summed E-state index contributed by atoms with van der Waals surface area (Å²) >= 11 is 0. The molecule has 0 fully saturated rings. The number of nitrogens with zero attached hydrogens (tertiary/aromatic N) is 3. The Morgan fingerprint density at radius 2 is 1.74 bits per heavy atom. The van der Waals surface area contributed by atoms with E-state index in [4.69, 9.17) is 0 Å². The first-order chi connectivity index (χ1) is 16.9. The molecule has 0 saturated carbocycles. The van der Waals surface area contributed by atoms with Crippen molar-refractivity contribution in [3.63, 3.8) is 0 Å². The topological polar surface area (TPSA) is 86.3 Å². The number of nitriles is 1. The molecule has 1 aromatic heterocycles. The van der Waals surface area contributed by atoms with Crippen LogP contribution in [0.25, 0.3) is 17.0 Å². The molecule has 0 bridgehead atoms. The quantitative estimate of drug-likeness (QED) is 0.343. The summed E-state index contributed by atoms with van der Waals surface area (Å²) in [5.74, 6) is -2.03. The molecule has 1 N–H and O–H groups in total. The van der Waals surface area contributed by atoms with Crippen molar-refractivity contribution in [2.24, 2.45) is 0 Å². The number of carbonyl (C=O) groups is 2. The normalized spacial score (nSPS) is 13.0. The minimum Gasteiger partial charge on any atom is -0.480 e. The molecule has 172 valence electrons. The number of fused-ring (bicyclic) bond motifs is 3. The van der Waals surface area contributed by atoms with Crippen molar-refractivity contribution in [2.75, 3.05) is 4.90 Å². The van der Waals surface area contributed by atoms with Gasteiger partial charge in [-0.15, -0.1) is 0 Å². The zero-order valence-corrected chi connectivity index (χ0v) is 18.6. The van der Waals surface area contributed by atoms with Gasteiger partial charge in [0.1, 0.15) is 24.0 Å². The number of benzene rings is 3. The van der Waals surface area contributed by atoms with E-state index >= 15 is 0 Å². The number of rotatable bonds is 4. The first kappa shape index (κ1) is 22.1. The number of aromatic nitrogens is 1. The fraction of sp³-hybridized carbons (Fsp3) is 0.107. The Bertz CT molecular complexity index is 1560. The third-order valence-corrected chi connectivity index (χ3v) is 6.19. The molecule has 6 nitrogen and oxygen atoms in total. The summed E-state index contributed by atoms with van der Waals surface area (Å²) in [5.41, 5.74) is 4.59. The van der Waals surface area contributed by atoms with Crippen LogP contribution in [0.3, 0.4) is 0 Å². The van der Waals surface area contributed by atoms with Gasteiger partial charge in [-0.2, -0.15) is 5.26 Å². The van der Waals surface area contributed by atoms with Crippen LogP contribution in [0.5, 0.6) is 0 Å². The lowest BCUT2D eigenvalue weighted by Gasteiger charge is -2.23. The Labute approximate surface area is 200 Å². The van der Waals surface area contributed by atoms with Crippen LogP contribution in [-0.2, 0) is 29.1 Å². The van der Waals surface area contributed by atoms with E-state index < -0.39 is 17.7 Å². The maximum Gasteiger partial charge on any atom is 0.323 e. The number of anilines is 1. The van der Waals surface area contributed by atoms with Gasteiger partial charge < -0.3 is 14.6 Å². The van der Waals surface area contributed by atoms with Crippen LogP contribution in [0.1, 0.15) is 22.3 Å². The Morgan fingerprint density at radius 1 is 1.03 bits per heavy atom. The Kier molecular flexibility index (Phi) is 5.63. The number of carbonyl (C=O) groups excluding carboxylic acids is 1. The molecule has 1 aliphatic rings. The highest BCUT2D eigenvalue weighted by Crippen LogP contribution is 2.32. The van der Waals surface area contributed by atoms with Gasteiger partial charge in [-0.25, -0.2) is 4.39 Å². The number of carboxylic acid groups (broad SMARTS) is 1. The van der Waals surface area contributed by atoms with Crippen LogP contribution < -0.4 is 4.90 Å². The average Bonchev–Trinajstić information content (AvgIpc) is 3.06. The molecular formula is C28H20FN3O3. The van der Waals surface area contributed by atoms with Gasteiger partial charge in [0, 0.05) is 28.4 Å². The highest BCUT2D eigenvalue weighted by Gasteiger charge is 2.26. The van der Waals surface area contributed by atoms with E-state index in [-0.39, 0.29) is 12.1 Å². The SMILES string of the molecule is N#C/C(=C\c1cn(CC(=O)O)c2ccc(F)cc12)C(=O)N1Cc2ccccc2Cc2ccccc21. The first-order valence-corrected chi connectivity index (χ1v) is 11.0. The van der Waals surface area contributed by atoms with E-state index in [1.54, 1.807) is 4.90 Å². The molecule has 7 heteroatoms. The molecule has 1 amide bonds. The third kappa shape index (κ3) is 4.18. The minimum atomic E-state index is -1.06. The van der Waals surface area contributed by atoms with Crippen LogP contribution in [0.15, 0.2) is 78.5 Å². The van der Waals surface area contributed by atoms with Crippen molar-refractivity contribution in [3.8, 4) is 6.07 Å². The Morgan fingerprint density at radius 3 is 2.49 bits per heavy atom. The van der Waals surface area contributed by atoms with E-state index in [1.807, 2.05) is 54.6 Å². The predicted octanol–water partition coefficient (Wildman–Crippen LogP) is 4.91. The second kappa shape index (κ2) is 8.92. The summed E-state index contributed by atoms with van der Waals surface area (Å²) < 4.78 is 15.5. The molecule has 0 unspecified atom stereocenters. The Balaban J connectivity index is 1.61. The van der Waals surface area contributed by atoms with Crippen LogP contribution in [-0.4, -0.2) is 21.6 Å². The summed E-state index contributed by atoms with van der Waals surface area (Å²) in [7, 11) is 0. The van der Waals surface area contributed by atoms with Crippen molar-refractivity contribution in [3.05, 3.63) is 107 Å². The standard InChI is InChI=1S/C28H20FN3O3/c29-23-9-10-26-24(13-23)22(15-31(26)17-27(33)34)12-21(14-30)28(35)32-16-20-7-2-1-5-18(20)11-19-6-3-4-8-25(19)32/h1-10,12-13,15H,11,16-17H2,(H,33,34)/b21-12+. The lowest BCUT2D eigenvalue weighted by atomic mass is 10.0. The third-order valence-electron chi connectivity index (χ3n) is 6.19. The number of hydrogen-bond acceptors (Lipinski definition) is 3. The first-order valence-electron chi connectivity index (χ1n) is 11.0. The molecule has 0 atom stereocenters. The molecule has 4 aromatic rings. The number of para-hydroxylation sites is 1. The highest BCUT2D eigenvalue weighted by atomic mass is 19.1. The predicted molar refractivity (Wildman–Crippen MR) is 130 cm³/mol. The molecule has 3 aromatic carbocycles. The maximum atomic E-state index is 14.0. The van der Waals surface area contributed by atoms with Gasteiger partial charge in [0.2, 0.25) is 0 Å². The lowest BCUT2D eigenvalue weighted by Crippen LogP contribution is -2.31. The summed E-state index contributed by atoms with van der Waals surface area (Å²) in [6.45, 7) is -0.0253. The van der Waals surface area contributed by atoms with Crippen LogP contribution >= 0.6 is 0 Å². The number of aliphatic carboxylic acids is 1. The molecular weight excluding hydrogens is 445 g/mol. The summed E-state index contributed by atoms with van der Waals surface area (Å²) in [5, 5.41) is 19.6. The van der Waals surface area contributed by atoms with Crippen molar-refractivity contribution in [1.29, 1.82) is 5.26 Å². The van der Waals surface area contributed by atoms with Gasteiger partial charge in [0.15, 0.2) is 0 Å². The molecule has 1 aliphatic heterocycles. The Hall–Kier alpha value is -4.70. The second-order valence-corrected chi connectivity index (χ2v) is 8.40. The highest BCUT2D eigenvalue weighted by molar-refractivity contribution is 6.12. The van der Waals surface area contributed by atoms with E-state index in [9.17, 15) is 24.3 Å². The van der Waals surface area contributed by atoms with Crippen molar-refractivity contribution in [2.45, 2.75) is 19.5 Å². The van der Waals surface area contributed by atoms with Crippen LogP contribution in [0, 0.1) is 17.1 Å². The molecule has 5 rings (SSSR count). The van der Waals surface area contributed by atoms with Crippen molar-refractivity contribution >= 4 is 34.5 Å². The van der Waals surface area contributed by atoms with E-state index in [1.165, 1.54) is 35.0 Å². The van der Waals surface area contributed by atoms with Crippen molar-refractivity contribution in [1.82, 2.24) is 4.57 Å². The smallest absolute Gasteiger partial charge is 0.323 e. The van der Waals surface area contributed by atoms with Gasteiger partial charge in [0.05, 0.1) is 6.54 Å². The lowest BCUT2D eigenvalue weighted by molar-refractivity contribution is -0.137. The van der Waals surface area contributed by atoms with Gasteiger partial charge in [-0.05, 0) is 53.5 Å². The van der Waals surface area contributed by atoms with Crippen molar-refractivity contribution < 1.29 is 19.1 Å². The summed E-state index contributed by atoms with van der Waals surface area (Å²) in [6, 6.07) is 21.5. The largest absolute Gasteiger partial charge is 0.480 e. The molecule has 35 heavy (non-hydrogen) atoms. The van der Waals surface area contributed by atoms with Gasteiger partial charge >= 0.3 is 5.97 Å². The minimum absolute atomic E-state index is 0.127. The molecule has 0 radical (unpaired) electrons. The summed E-state index contributed by atoms with van der Waals surface area (Å²) in [4.78, 5) is 26.6. The van der Waals surface area contributed by atoms with E-state index in [0.717, 1.165) is 22.4 Å².